The number of halogens is 1. The highest BCUT2D eigenvalue weighted by Gasteiger charge is 1.98. The number of thiol groups is 1. The normalized spacial score (nSPS) is 9.18. The van der Waals surface area contributed by atoms with Crippen LogP contribution in [0.25, 0.3) is 0 Å². The standard InChI is InChI=1S/C8H6FNS/c9-7-5-6(3-4-10)1-2-8(7)11/h1-2,5,11H,3H2. The van der Waals surface area contributed by atoms with Crippen molar-refractivity contribution in [2.24, 2.45) is 0 Å². The molecule has 0 amide bonds. The molecule has 1 aromatic carbocycles. The number of nitriles is 1. The van der Waals surface area contributed by atoms with E-state index in [2.05, 4.69) is 12.6 Å². The highest BCUT2D eigenvalue weighted by Crippen LogP contribution is 2.13. The van der Waals surface area contributed by atoms with Crippen LogP contribution in [-0.2, 0) is 6.42 Å². The zero-order chi connectivity index (χ0) is 8.27. The fourth-order valence-electron chi connectivity index (χ4n) is 0.752. The van der Waals surface area contributed by atoms with E-state index in [-0.39, 0.29) is 12.2 Å². The first-order valence-corrected chi connectivity index (χ1v) is 3.53. The van der Waals surface area contributed by atoms with Crippen LogP contribution in [0.15, 0.2) is 23.1 Å². The molecule has 0 spiro atoms. The van der Waals surface area contributed by atoms with Gasteiger partial charge < -0.3 is 0 Å². The minimum atomic E-state index is -0.374. The average molecular weight is 167 g/mol. The monoisotopic (exact) mass is 167 g/mol. The molecule has 56 valence electrons. The molecular weight excluding hydrogens is 161 g/mol. The third-order valence-corrected chi connectivity index (χ3v) is 1.66. The third kappa shape index (κ3) is 1.95. The Hall–Kier alpha value is -1.01. The maximum atomic E-state index is 12.7. The van der Waals surface area contributed by atoms with Crippen molar-refractivity contribution in [3.8, 4) is 6.07 Å². The summed E-state index contributed by atoms with van der Waals surface area (Å²) in [6.45, 7) is 0. The number of rotatable bonds is 1. The van der Waals surface area contributed by atoms with E-state index < -0.39 is 0 Å². The molecule has 0 fully saturated rings. The maximum absolute atomic E-state index is 12.7. The van der Waals surface area contributed by atoms with Gasteiger partial charge in [0.15, 0.2) is 0 Å². The van der Waals surface area contributed by atoms with Crippen LogP contribution in [0.3, 0.4) is 0 Å². The van der Waals surface area contributed by atoms with E-state index in [1.54, 1.807) is 12.1 Å². The molecule has 0 aliphatic rings. The van der Waals surface area contributed by atoms with Crippen LogP contribution in [0.2, 0.25) is 0 Å². The zero-order valence-corrected chi connectivity index (χ0v) is 6.61. The lowest BCUT2D eigenvalue weighted by Gasteiger charge is -1.96. The molecule has 0 unspecified atom stereocenters. The molecule has 1 rings (SSSR count). The van der Waals surface area contributed by atoms with E-state index in [1.165, 1.54) is 6.07 Å². The molecule has 0 N–H and O–H groups in total. The molecule has 11 heavy (non-hydrogen) atoms. The van der Waals surface area contributed by atoms with Crippen LogP contribution in [0.4, 0.5) is 4.39 Å². The molecule has 1 nitrogen and oxygen atoms in total. The van der Waals surface area contributed by atoms with Crippen molar-refractivity contribution in [1.29, 1.82) is 5.26 Å². The Bertz CT molecular complexity index is 303. The molecule has 0 radical (unpaired) electrons. The Morgan fingerprint density at radius 1 is 1.55 bits per heavy atom. The summed E-state index contributed by atoms with van der Waals surface area (Å²) in [4.78, 5) is 0.312. The Labute approximate surface area is 69.9 Å². The predicted octanol–water partition coefficient (Wildman–Crippen LogP) is 2.18. The van der Waals surface area contributed by atoms with Gasteiger partial charge in [-0.15, -0.1) is 12.6 Å². The van der Waals surface area contributed by atoms with Crippen molar-refractivity contribution in [2.45, 2.75) is 11.3 Å². The number of hydrogen-bond acceptors (Lipinski definition) is 2. The zero-order valence-electron chi connectivity index (χ0n) is 5.71. The van der Waals surface area contributed by atoms with E-state index in [4.69, 9.17) is 5.26 Å². The van der Waals surface area contributed by atoms with Crippen molar-refractivity contribution in [3.05, 3.63) is 29.6 Å². The summed E-state index contributed by atoms with van der Waals surface area (Å²) in [5.41, 5.74) is 0.683. The quantitative estimate of drug-likeness (QED) is 0.637. The maximum Gasteiger partial charge on any atom is 0.136 e. The molecule has 0 aliphatic heterocycles. The van der Waals surface area contributed by atoms with Crippen molar-refractivity contribution < 1.29 is 4.39 Å². The van der Waals surface area contributed by atoms with E-state index in [0.717, 1.165) is 0 Å². The Morgan fingerprint density at radius 3 is 2.82 bits per heavy atom. The second kappa shape index (κ2) is 3.40. The van der Waals surface area contributed by atoms with Gasteiger partial charge in [0.25, 0.3) is 0 Å². The SMILES string of the molecule is N#CCc1ccc(S)c(F)c1. The molecule has 0 saturated carbocycles. The minimum Gasteiger partial charge on any atom is -0.206 e. The van der Waals surface area contributed by atoms with Gasteiger partial charge in [-0.05, 0) is 17.7 Å². The van der Waals surface area contributed by atoms with Crippen molar-refractivity contribution in [2.75, 3.05) is 0 Å². The van der Waals surface area contributed by atoms with Crippen molar-refractivity contribution in [1.82, 2.24) is 0 Å². The van der Waals surface area contributed by atoms with Crippen LogP contribution >= 0.6 is 12.6 Å². The Morgan fingerprint density at radius 2 is 2.27 bits per heavy atom. The second-order valence-electron chi connectivity index (χ2n) is 2.12. The van der Waals surface area contributed by atoms with Gasteiger partial charge in [0.2, 0.25) is 0 Å². The number of nitrogens with zero attached hydrogens (tertiary/aromatic N) is 1. The van der Waals surface area contributed by atoms with Gasteiger partial charge in [0, 0.05) is 4.90 Å². The predicted molar refractivity (Wildman–Crippen MR) is 43.0 cm³/mol. The van der Waals surface area contributed by atoms with E-state index in [0.29, 0.717) is 10.5 Å². The van der Waals surface area contributed by atoms with Crippen LogP contribution in [-0.4, -0.2) is 0 Å². The molecule has 0 saturated heterocycles. The van der Waals surface area contributed by atoms with Gasteiger partial charge in [-0.3, -0.25) is 0 Å². The first-order valence-electron chi connectivity index (χ1n) is 3.08. The molecule has 0 aliphatic carbocycles. The summed E-state index contributed by atoms with van der Waals surface area (Å²) < 4.78 is 12.7. The number of benzene rings is 1. The van der Waals surface area contributed by atoms with Crippen LogP contribution in [0.5, 0.6) is 0 Å². The summed E-state index contributed by atoms with van der Waals surface area (Å²) in [5.74, 6) is -0.374. The minimum absolute atomic E-state index is 0.241. The molecule has 0 bridgehead atoms. The Kier molecular flexibility index (Phi) is 2.50. The average Bonchev–Trinajstić information content (AvgIpc) is 1.98. The van der Waals surface area contributed by atoms with Gasteiger partial charge in [-0.1, -0.05) is 6.07 Å². The highest BCUT2D eigenvalue weighted by atomic mass is 32.1. The summed E-state index contributed by atoms with van der Waals surface area (Å²) in [5, 5.41) is 8.29. The first-order chi connectivity index (χ1) is 5.24. The third-order valence-electron chi connectivity index (χ3n) is 1.30. The van der Waals surface area contributed by atoms with Gasteiger partial charge in [0.05, 0.1) is 12.5 Å². The molecule has 0 atom stereocenters. The topological polar surface area (TPSA) is 23.8 Å². The fourth-order valence-corrected chi connectivity index (χ4v) is 0.891. The lowest BCUT2D eigenvalue weighted by Crippen LogP contribution is -1.84. The van der Waals surface area contributed by atoms with E-state index >= 15 is 0 Å². The van der Waals surface area contributed by atoms with Gasteiger partial charge in [-0.2, -0.15) is 5.26 Å². The second-order valence-corrected chi connectivity index (χ2v) is 2.60. The smallest absolute Gasteiger partial charge is 0.136 e. The molecular formula is C8H6FNS. The largest absolute Gasteiger partial charge is 0.206 e. The van der Waals surface area contributed by atoms with Crippen molar-refractivity contribution in [3.63, 3.8) is 0 Å². The summed E-state index contributed by atoms with van der Waals surface area (Å²) in [7, 11) is 0. The molecule has 0 aromatic heterocycles. The van der Waals surface area contributed by atoms with Gasteiger partial charge in [0.1, 0.15) is 5.82 Å². The van der Waals surface area contributed by atoms with Crippen molar-refractivity contribution >= 4 is 12.6 Å². The van der Waals surface area contributed by atoms with E-state index in [1.807, 2.05) is 6.07 Å². The Balaban J connectivity index is 2.98. The fraction of sp³-hybridized carbons (Fsp3) is 0.125. The van der Waals surface area contributed by atoms with Crippen LogP contribution in [0, 0.1) is 17.1 Å². The van der Waals surface area contributed by atoms with Gasteiger partial charge in [-0.25, -0.2) is 4.39 Å². The number of hydrogen-bond donors (Lipinski definition) is 1. The highest BCUT2D eigenvalue weighted by molar-refractivity contribution is 7.80. The first kappa shape index (κ1) is 8.09. The van der Waals surface area contributed by atoms with Crippen LogP contribution < -0.4 is 0 Å². The summed E-state index contributed by atoms with van der Waals surface area (Å²) >= 11 is 3.86. The van der Waals surface area contributed by atoms with E-state index in [9.17, 15) is 4.39 Å². The van der Waals surface area contributed by atoms with Gasteiger partial charge >= 0.3 is 0 Å². The molecule has 0 heterocycles. The van der Waals surface area contributed by atoms with Crippen LogP contribution in [0.1, 0.15) is 5.56 Å². The molecule has 3 heteroatoms. The summed E-state index contributed by atoms with van der Waals surface area (Å²) in [6, 6.07) is 6.50. The lowest BCUT2D eigenvalue weighted by atomic mass is 10.2. The molecule has 1 aromatic rings. The lowest BCUT2D eigenvalue weighted by molar-refractivity contribution is 0.601. The summed E-state index contributed by atoms with van der Waals surface area (Å²) in [6.07, 6.45) is 0.241.